The highest BCUT2D eigenvalue weighted by atomic mass is 16.5. The minimum atomic E-state index is -0.0409. The van der Waals surface area contributed by atoms with Gasteiger partial charge in [-0.3, -0.25) is 0 Å². The molecule has 248 valence electrons. The van der Waals surface area contributed by atoms with Gasteiger partial charge in [0.25, 0.3) is 0 Å². The number of hydrogen-bond donors (Lipinski definition) is 2. The van der Waals surface area contributed by atoms with E-state index >= 15 is 0 Å². The zero-order valence-electron chi connectivity index (χ0n) is 28.3. The van der Waals surface area contributed by atoms with Crippen LogP contribution >= 0.6 is 0 Å². The molecule has 0 atom stereocenters. The first-order valence-electron chi connectivity index (χ1n) is 15.5. The maximum absolute atomic E-state index is 5.80. The van der Waals surface area contributed by atoms with Gasteiger partial charge in [0, 0.05) is 64.7 Å². The maximum Gasteiger partial charge on any atom is 0.246 e. The van der Waals surface area contributed by atoms with Gasteiger partial charge >= 0.3 is 0 Å². The predicted octanol–water partition coefficient (Wildman–Crippen LogP) is 3.02. The summed E-state index contributed by atoms with van der Waals surface area (Å²) in [5.41, 5.74) is 13.8. The van der Waals surface area contributed by atoms with E-state index < -0.39 is 0 Å². The first-order valence-corrected chi connectivity index (χ1v) is 15.5. The number of nitrogen functional groups attached to an aromatic ring is 2. The summed E-state index contributed by atoms with van der Waals surface area (Å²) in [4.78, 5) is 17.9. The predicted molar refractivity (Wildman–Crippen MR) is 184 cm³/mol. The number of aromatic nitrogens is 6. The molecule has 6 rings (SSSR count). The van der Waals surface area contributed by atoms with Gasteiger partial charge in [-0.05, 0) is 76.2 Å². The topological polar surface area (TPSA) is 145 Å². The summed E-state index contributed by atoms with van der Waals surface area (Å²) in [7, 11) is 7.06. The van der Waals surface area contributed by atoms with E-state index in [1.165, 1.54) is 11.4 Å². The largest absolute Gasteiger partial charge is 0.497 e. The number of methoxy groups -OCH3 is 2. The lowest BCUT2D eigenvalue weighted by molar-refractivity contribution is 0.406. The Hall–Kier alpha value is -4.88. The van der Waals surface area contributed by atoms with Crippen LogP contribution in [0.4, 0.5) is 35.2 Å². The Labute approximate surface area is 271 Å². The first kappa shape index (κ1) is 32.5. The van der Waals surface area contributed by atoms with Crippen LogP contribution in [0.25, 0.3) is 0 Å². The number of hydrogen-bond acceptors (Lipinski definition) is 12. The molecule has 2 fully saturated rings. The minimum Gasteiger partial charge on any atom is -0.497 e. The fraction of sp³-hybridized carbons (Fsp3) is 0.500. The third-order valence-corrected chi connectivity index (χ3v) is 8.68. The van der Waals surface area contributed by atoms with Gasteiger partial charge in [0.2, 0.25) is 23.8 Å². The van der Waals surface area contributed by atoms with E-state index in [9.17, 15) is 0 Å². The van der Waals surface area contributed by atoms with E-state index in [0.29, 0.717) is 17.8 Å². The first-order chi connectivity index (χ1) is 21.8. The summed E-state index contributed by atoms with van der Waals surface area (Å²) in [6.45, 7) is 14.2. The van der Waals surface area contributed by atoms with Crippen molar-refractivity contribution in [3.05, 3.63) is 48.5 Å². The summed E-state index contributed by atoms with van der Waals surface area (Å²) in [6.07, 6.45) is 0. The molecule has 0 radical (unpaired) electrons. The SMILES string of the molecule is COc1ccc(N2CCN(c3nc(N)n(C)n3)CC2(C)C)cc1.COc1ccc(N2CCN(c3nc(N)nn3C)CC2(C)C)cc1. The number of aryl methyl sites for hydroxylation is 2. The maximum atomic E-state index is 5.80. The van der Waals surface area contributed by atoms with Gasteiger partial charge in [0.1, 0.15) is 11.5 Å². The fourth-order valence-electron chi connectivity index (χ4n) is 6.32. The number of nitrogens with two attached hydrogens (primary N) is 2. The standard InChI is InChI=1S/2C16H24N6O/c1-16(2)11-21(15-18-14(17)20(3)19-15)9-10-22(16)12-5-7-13(23-4)8-6-12;1-16(2)11-21(15-18-14(17)19-20(15)3)9-10-22(16)12-5-7-13(23-4)8-6-12/h5-8H,9-11H2,1-4H3,(H2,17,18,19);5-8H,9-11H2,1-4H3,(H2,17,19). The van der Waals surface area contributed by atoms with Gasteiger partial charge in [-0.1, -0.05) is 0 Å². The van der Waals surface area contributed by atoms with Crippen molar-refractivity contribution in [2.24, 2.45) is 14.1 Å². The van der Waals surface area contributed by atoms with Gasteiger partial charge in [0.05, 0.1) is 25.3 Å². The average Bonchev–Trinajstić information content (AvgIpc) is 3.55. The molecule has 0 amide bonds. The van der Waals surface area contributed by atoms with E-state index in [1.807, 2.05) is 38.4 Å². The molecule has 0 spiro atoms. The molecule has 0 unspecified atom stereocenters. The van der Waals surface area contributed by atoms with Crippen molar-refractivity contribution in [2.75, 3.05) is 84.6 Å². The Bertz CT molecular complexity index is 1580. The van der Waals surface area contributed by atoms with Gasteiger partial charge in [0.15, 0.2) is 0 Å². The highest BCUT2D eigenvalue weighted by Gasteiger charge is 2.36. The fourth-order valence-corrected chi connectivity index (χ4v) is 6.32. The van der Waals surface area contributed by atoms with E-state index in [4.69, 9.17) is 20.9 Å². The van der Waals surface area contributed by atoms with Crippen LogP contribution in [0.2, 0.25) is 0 Å². The normalized spacial score (nSPS) is 17.4. The molecule has 2 saturated heterocycles. The summed E-state index contributed by atoms with van der Waals surface area (Å²) < 4.78 is 13.8. The van der Waals surface area contributed by atoms with Crippen molar-refractivity contribution in [3.8, 4) is 11.5 Å². The van der Waals surface area contributed by atoms with Crippen molar-refractivity contribution < 1.29 is 9.47 Å². The summed E-state index contributed by atoms with van der Waals surface area (Å²) in [5.74, 6) is 4.03. The van der Waals surface area contributed by atoms with Crippen LogP contribution in [0, 0.1) is 0 Å². The van der Waals surface area contributed by atoms with Gasteiger partial charge in [-0.15, -0.1) is 10.2 Å². The molecule has 0 saturated carbocycles. The highest BCUT2D eigenvalue weighted by molar-refractivity contribution is 5.55. The average molecular weight is 633 g/mol. The summed E-state index contributed by atoms with van der Waals surface area (Å²) >= 11 is 0. The van der Waals surface area contributed by atoms with Crippen LogP contribution in [-0.4, -0.2) is 94.1 Å². The number of ether oxygens (including phenoxy) is 2. The monoisotopic (exact) mass is 632 g/mol. The molecule has 4 N–H and O–H groups in total. The van der Waals surface area contributed by atoms with E-state index in [-0.39, 0.29) is 11.1 Å². The number of rotatable bonds is 6. The molecule has 2 aliphatic heterocycles. The van der Waals surface area contributed by atoms with Crippen molar-refractivity contribution in [1.29, 1.82) is 0 Å². The quantitative estimate of drug-likeness (QED) is 0.322. The van der Waals surface area contributed by atoms with Crippen LogP contribution in [0.3, 0.4) is 0 Å². The van der Waals surface area contributed by atoms with Gasteiger partial charge in [-0.25, -0.2) is 9.36 Å². The molecule has 0 aliphatic carbocycles. The molecular weight excluding hydrogens is 584 g/mol. The zero-order valence-corrected chi connectivity index (χ0v) is 28.3. The molecule has 2 aromatic heterocycles. The molecule has 14 heteroatoms. The summed E-state index contributed by atoms with van der Waals surface area (Å²) in [5, 5.41) is 8.54. The van der Waals surface area contributed by atoms with Crippen molar-refractivity contribution >= 4 is 35.2 Å². The second-order valence-electron chi connectivity index (χ2n) is 13.0. The number of nitrogens with zero attached hydrogens (tertiary/aromatic N) is 10. The third-order valence-electron chi connectivity index (χ3n) is 8.68. The number of benzene rings is 2. The molecule has 4 heterocycles. The van der Waals surface area contributed by atoms with Crippen molar-refractivity contribution in [2.45, 2.75) is 38.8 Å². The van der Waals surface area contributed by atoms with Crippen molar-refractivity contribution in [1.82, 2.24) is 29.5 Å². The Morgan fingerprint density at radius 2 is 1.11 bits per heavy atom. The molecule has 0 bridgehead atoms. The summed E-state index contributed by atoms with van der Waals surface area (Å²) in [6, 6.07) is 16.4. The Morgan fingerprint density at radius 3 is 1.50 bits per heavy atom. The van der Waals surface area contributed by atoms with E-state index in [2.05, 4.69) is 91.7 Å². The van der Waals surface area contributed by atoms with Crippen LogP contribution in [0.15, 0.2) is 48.5 Å². The lowest BCUT2D eigenvalue weighted by Crippen LogP contribution is -2.60. The van der Waals surface area contributed by atoms with Crippen LogP contribution in [0.1, 0.15) is 27.7 Å². The molecule has 4 aromatic rings. The zero-order chi connectivity index (χ0) is 33.2. The number of anilines is 6. The lowest BCUT2D eigenvalue weighted by Gasteiger charge is -2.48. The highest BCUT2D eigenvalue weighted by Crippen LogP contribution is 2.32. The Balaban J connectivity index is 0.000000181. The van der Waals surface area contributed by atoms with Crippen LogP contribution in [0.5, 0.6) is 11.5 Å². The lowest BCUT2D eigenvalue weighted by atomic mass is 9.98. The van der Waals surface area contributed by atoms with Gasteiger partial charge < -0.3 is 40.5 Å². The second kappa shape index (κ2) is 12.9. The van der Waals surface area contributed by atoms with E-state index in [1.54, 1.807) is 23.6 Å². The van der Waals surface area contributed by atoms with Crippen LogP contribution < -0.4 is 40.5 Å². The second-order valence-corrected chi connectivity index (χ2v) is 13.0. The van der Waals surface area contributed by atoms with E-state index in [0.717, 1.165) is 56.7 Å². The Kier molecular flexibility index (Phi) is 9.08. The molecule has 46 heavy (non-hydrogen) atoms. The molecular formula is C32H48N12O2. The minimum absolute atomic E-state index is 0.0342. The van der Waals surface area contributed by atoms with Gasteiger partial charge in [-0.2, -0.15) is 9.97 Å². The van der Waals surface area contributed by atoms with Crippen LogP contribution in [-0.2, 0) is 14.1 Å². The van der Waals surface area contributed by atoms with Crippen molar-refractivity contribution in [3.63, 3.8) is 0 Å². The third kappa shape index (κ3) is 6.85. The molecule has 14 nitrogen and oxygen atoms in total. The molecule has 2 aromatic carbocycles. The number of piperazine rings is 2. The molecule has 2 aliphatic rings. The smallest absolute Gasteiger partial charge is 0.246 e. The Morgan fingerprint density at radius 1 is 0.630 bits per heavy atom.